The second-order valence-electron chi connectivity index (χ2n) is 8.13. The lowest BCUT2D eigenvalue weighted by Crippen LogP contribution is -2.45. The van der Waals surface area contributed by atoms with Crippen molar-refractivity contribution in [2.24, 2.45) is 0 Å². The van der Waals surface area contributed by atoms with Gasteiger partial charge in [-0.2, -0.15) is 0 Å². The first-order valence-corrected chi connectivity index (χ1v) is 11.1. The second kappa shape index (κ2) is 7.67. The number of hydrogen-bond donors (Lipinski definition) is 1. The minimum Gasteiger partial charge on any atom is -0.444 e. The number of hydrogen-bond acceptors (Lipinski definition) is 5. The number of halogens is 2. The molecule has 1 saturated carbocycles. The van der Waals surface area contributed by atoms with Crippen molar-refractivity contribution in [1.29, 1.82) is 0 Å². The molecule has 1 N–H and O–H groups in total. The third kappa shape index (κ3) is 4.20. The van der Waals surface area contributed by atoms with Gasteiger partial charge in [0.15, 0.2) is 9.84 Å². The van der Waals surface area contributed by atoms with Crippen LogP contribution in [0, 0.1) is 5.82 Å². The molecule has 0 aromatic heterocycles. The summed E-state index contributed by atoms with van der Waals surface area (Å²) in [6, 6.07) is 10.6. The molecule has 2 aromatic carbocycles. The molecule has 0 aliphatic heterocycles. The molecule has 3 rings (SSSR count). The Labute approximate surface area is 179 Å². The van der Waals surface area contributed by atoms with Crippen molar-refractivity contribution in [3.05, 3.63) is 64.9 Å². The predicted octanol–water partition coefficient (Wildman–Crippen LogP) is 3.88. The zero-order chi connectivity index (χ0) is 22.3. The molecule has 0 bridgehead atoms. The molecule has 9 heteroatoms. The molecule has 160 valence electrons. The highest BCUT2D eigenvalue weighted by Crippen LogP contribution is 2.56. The minimum atomic E-state index is -4.05. The van der Waals surface area contributed by atoms with Crippen molar-refractivity contribution < 1.29 is 27.1 Å². The number of sulfone groups is 1. The van der Waals surface area contributed by atoms with Gasteiger partial charge in [0, 0.05) is 10.9 Å². The van der Waals surface area contributed by atoms with Crippen LogP contribution in [0.25, 0.3) is 0 Å². The molecular formula is C21H21ClFNO5S. The van der Waals surface area contributed by atoms with Crippen LogP contribution in [0.3, 0.4) is 0 Å². The van der Waals surface area contributed by atoms with Gasteiger partial charge >= 0.3 is 6.09 Å². The van der Waals surface area contributed by atoms with Crippen molar-refractivity contribution in [3.8, 4) is 0 Å². The molecule has 0 heterocycles. The van der Waals surface area contributed by atoms with Gasteiger partial charge in [-0.25, -0.2) is 17.6 Å². The summed E-state index contributed by atoms with van der Waals surface area (Å²) in [4.78, 5) is 24.5. The predicted molar refractivity (Wildman–Crippen MR) is 110 cm³/mol. The van der Waals surface area contributed by atoms with Crippen molar-refractivity contribution in [1.82, 2.24) is 5.32 Å². The van der Waals surface area contributed by atoms with Gasteiger partial charge in [-0.05, 0) is 62.7 Å². The van der Waals surface area contributed by atoms with Crippen LogP contribution < -0.4 is 5.32 Å². The maximum absolute atomic E-state index is 13.4. The Morgan fingerprint density at radius 1 is 1.13 bits per heavy atom. The molecule has 30 heavy (non-hydrogen) atoms. The fourth-order valence-electron chi connectivity index (χ4n) is 3.50. The van der Waals surface area contributed by atoms with Gasteiger partial charge in [0.05, 0.1) is 4.90 Å². The van der Waals surface area contributed by atoms with E-state index in [0.29, 0.717) is 16.9 Å². The number of carbonyl (C=O) groups excluding carboxylic acids is 2. The first-order valence-electron chi connectivity index (χ1n) is 9.13. The minimum absolute atomic E-state index is 0.0428. The standard InChI is InChI=1S/C21H21ClFNO5S/c1-20(2,3)29-19(26)24-21(12-25)17(13-4-8-15(23)9-5-13)18(21)30(27,28)16-10-6-14(22)7-11-16/h4-12,17-18H,1-3H3,(H,24,26)/t17-,18-,21+/m0/s1. The zero-order valence-corrected chi connectivity index (χ0v) is 18.1. The number of carbonyl (C=O) groups is 2. The number of amides is 1. The molecule has 1 fully saturated rings. The Morgan fingerprint density at radius 2 is 1.70 bits per heavy atom. The van der Waals surface area contributed by atoms with Crippen molar-refractivity contribution in [3.63, 3.8) is 0 Å². The number of benzene rings is 2. The van der Waals surface area contributed by atoms with Crippen LogP contribution in [-0.4, -0.2) is 37.2 Å². The molecule has 1 aliphatic carbocycles. The highest BCUT2D eigenvalue weighted by atomic mass is 35.5. The maximum atomic E-state index is 13.4. The van der Waals surface area contributed by atoms with Crippen molar-refractivity contribution >= 4 is 33.8 Å². The summed E-state index contributed by atoms with van der Waals surface area (Å²) < 4.78 is 45.3. The lowest BCUT2D eigenvalue weighted by Gasteiger charge is -2.22. The van der Waals surface area contributed by atoms with Gasteiger partial charge in [0.25, 0.3) is 0 Å². The van der Waals surface area contributed by atoms with Crippen LogP contribution in [0.5, 0.6) is 0 Å². The van der Waals surface area contributed by atoms with E-state index in [1.165, 1.54) is 48.5 Å². The van der Waals surface area contributed by atoms with Crippen molar-refractivity contribution in [2.75, 3.05) is 0 Å². The van der Waals surface area contributed by atoms with Gasteiger partial charge < -0.3 is 14.8 Å². The number of alkyl carbamates (subject to hydrolysis) is 1. The number of ether oxygens (including phenoxy) is 1. The van der Waals surface area contributed by atoms with E-state index >= 15 is 0 Å². The van der Waals surface area contributed by atoms with Gasteiger partial charge in [-0.3, -0.25) is 0 Å². The van der Waals surface area contributed by atoms with Crippen molar-refractivity contribution in [2.45, 2.75) is 48.0 Å². The third-order valence-corrected chi connectivity index (χ3v) is 7.31. The fraction of sp³-hybridized carbons (Fsp3) is 0.333. The fourth-order valence-corrected chi connectivity index (χ4v) is 5.87. The topological polar surface area (TPSA) is 89.5 Å². The summed E-state index contributed by atoms with van der Waals surface area (Å²) in [5, 5.41) is 1.51. The van der Waals surface area contributed by atoms with Crippen LogP contribution in [0.15, 0.2) is 53.4 Å². The molecule has 0 unspecified atom stereocenters. The van der Waals surface area contributed by atoms with E-state index in [4.69, 9.17) is 16.3 Å². The van der Waals surface area contributed by atoms with Crippen LogP contribution in [0.4, 0.5) is 9.18 Å². The normalized spacial score (nSPS) is 23.5. The van der Waals surface area contributed by atoms with Gasteiger partial charge in [0.2, 0.25) is 0 Å². The molecule has 0 saturated heterocycles. The Balaban J connectivity index is 2.04. The van der Waals surface area contributed by atoms with E-state index < -0.39 is 44.1 Å². The Hall–Kier alpha value is -2.45. The van der Waals surface area contributed by atoms with Crippen LogP contribution in [-0.2, 0) is 19.4 Å². The van der Waals surface area contributed by atoms with Gasteiger partial charge in [-0.15, -0.1) is 0 Å². The number of aldehydes is 1. The number of rotatable bonds is 5. The molecule has 3 atom stereocenters. The quantitative estimate of drug-likeness (QED) is 0.694. The molecule has 0 radical (unpaired) electrons. The molecule has 2 aromatic rings. The highest BCUT2D eigenvalue weighted by Gasteiger charge is 2.73. The molecule has 0 spiro atoms. The van der Waals surface area contributed by atoms with Crippen LogP contribution >= 0.6 is 11.6 Å². The summed E-state index contributed by atoms with van der Waals surface area (Å²) >= 11 is 5.85. The summed E-state index contributed by atoms with van der Waals surface area (Å²) in [5.74, 6) is -1.42. The monoisotopic (exact) mass is 453 g/mol. The molecule has 1 aliphatic rings. The van der Waals surface area contributed by atoms with Crippen LogP contribution in [0.2, 0.25) is 5.02 Å². The SMILES string of the molecule is CC(C)(C)OC(=O)N[C@]1(C=O)[C@@H](c2ccc(F)cc2)[C@@H]1S(=O)(=O)c1ccc(Cl)cc1. The highest BCUT2D eigenvalue weighted by molar-refractivity contribution is 7.92. The average molecular weight is 454 g/mol. The smallest absolute Gasteiger partial charge is 0.408 e. The Bertz CT molecular complexity index is 1060. The van der Waals surface area contributed by atoms with E-state index in [1.54, 1.807) is 20.8 Å². The lowest BCUT2D eigenvalue weighted by atomic mass is 10.1. The van der Waals surface area contributed by atoms with Gasteiger partial charge in [0.1, 0.15) is 28.5 Å². The zero-order valence-electron chi connectivity index (χ0n) is 16.6. The first kappa shape index (κ1) is 22.2. The molecule has 1 amide bonds. The van der Waals surface area contributed by atoms with Gasteiger partial charge in [-0.1, -0.05) is 23.7 Å². The average Bonchev–Trinajstić information content (AvgIpc) is 3.30. The molecule has 6 nitrogen and oxygen atoms in total. The third-order valence-electron chi connectivity index (χ3n) is 4.80. The first-order chi connectivity index (χ1) is 13.9. The molecular weight excluding hydrogens is 433 g/mol. The number of nitrogens with one attached hydrogen (secondary N) is 1. The van der Waals surface area contributed by atoms with E-state index in [-0.39, 0.29) is 4.90 Å². The summed E-state index contributed by atoms with van der Waals surface area (Å²) in [5.41, 5.74) is -2.19. The Kier molecular flexibility index (Phi) is 5.68. The van der Waals surface area contributed by atoms with E-state index in [2.05, 4.69) is 5.32 Å². The summed E-state index contributed by atoms with van der Waals surface area (Å²) in [6.45, 7) is 4.94. The summed E-state index contributed by atoms with van der Waals surface area (Å²) in [7, 11) is -4.05. The van der Waals surface area contributed by atoms with E-state index in [0.717, 1.165) is 0 Å². The van der Waals surface area contributed by atoms with Crippen LogP contribution in [0.1, 0.15) is 32.3 Å². The van der Waals surface area contributed by atoms with E-state index in [9.17, 15) is 22.4 Å². The van der Waals surface area contributed by atoms with E-state index in [1.807, 2.05) is 0 Å². The summed E-state index contributed by atoms with van der Waals surface area (Å²) in [6.07, 6.45) is -0.515. The Morgan fingerprint density at radius 3 is 2.20 bits per heavy atom. The lowest BCUT2D eigenvalue weighted by molar-refractivity contribution is -0.110. The second-order valence-corrected chi connectivity index (χ2v) is 10.6. The maximum Gasteiger partial charge on any atom is 0.408 e. The largest absolute Gasteiger partial charge is 0.444 e.